The summed E-state index contributed by atoms with van der Waals surface area (Å²) in [5.74, 6) is -2.65. The third-order valence-corrected chi connectivity index (χ3v) is 3.33. The van der Waals surface area contributed by atoms with E-state index in [1.165, 1.54) is 18.2 Å². The standard InChI is InChI=1S/C14H19FO3/c1-3-7-11(13(16)17)14(18,4-2)10-8-5-6-9-12(10)15/h5-6,8-9,11,18H,3-4,7H2,1-2H3,(H,16,17). The maximum absolute atomic E-state index is 13.8. The Hall–Kier alpha value is -1.42. The van der Waals surface area contributed by atoms with Crippen molar-refractivity contribution in [3.05, 3.63) is 35.6 Å². The van der Waals surface area contributed by atoms with Crippen LogP contribution in [-0.4, -0.2) is 16.2 Å². The van der Waals surface area contributed by atoms with Crippen molar-refractivity contribution in [2.75, 3.05) is 0 Å². The maximum atomic E-state index is 13.8. The van der Waals surface area contributed by atoms with Gasteiger partial charge in [0.25, 0.3) is 0 Å². The van der Waals surface area contributed by atoms with Gasteiger partial charge in [0.2, 0.25) is 0 Å². The largest absolute Gasteiger partial charge is 0.481 e. The highest BCUT2D eigenvalue weighted by molar-refractivity contribution is 5.72. The van der Waals surface area contributed by atoms with Crippen LogP contribution in [-0.2, 0) is 10.4 Å². The first kappa shape index (κ1) is 14.6. The van der Waals surface area contributed by atoms with E-state index in [1.807, 2.05) is 6.92 Å². The molecule has 0 aliphatic rings. The van der Waals surface area contributed by atoms with E-state index in [1.54, 1.807) is 13.0 Å². The lowest BCUT2D eigenvalue weighted by Crippen LogP contribution is -2.40. The second-order valence-corrected chi connectivity index (χ2v) is 4.44. The van der Waals surface area contributed by atoms with Gasteiger partial charge in [-0.1, -0.05) is 38.5 Å². The van der Waals surface area contributed by atoms with Gasteiger partial charge in [0.15, 0.2) is 0 Å². The Morgan fingerprint density at radius 1 is 1.39 bits per heavy atom. The van der Waals surface area contributed by atoms with Crippen LogP contribution in [0.15, 0.2) is 24.3 Å². The Bertz CT molecular complexity index is 419. The zero-order chi connectivity index (χ0) is 13.8. The summed E-state index contributed by atoms with van der Waals surface area (Å²) >= 11 is 0. The predicted octanol–water partition coefficient (Wildman–Crippen LogP) is 2.92. The summed E-state index contributed by atoms with van der Waals surface area (Å²) in [6.07, 6.45) is 1.09. The fourth-order valence-corrected chi connectivity index (χ4v) is 2.29. The molecule has 3 nitrogen and oxygen atoms in total. The molecular formula is C14H19FO3. The monoisotopic (exact) mass is 254 g/mol. The van der Waals surface area contributed by atoms with Crippen LogP contribution in [0.3, 0.4) is 0 Å². The lowest BCUT2D eigenvalue weighted by Gasteiger charge is -2.33. The van der Waals surface area contributed by atoms with Crippen LogP contribution in [0, 0.1) is 11.7 Å². The minimum atomic E-state index is -1.66. The molecule has 2 unspecified atom stereocenters. The zero-order valence-corrected chi connectivity index (χ0v) is 10.7. The minimum Gasteiger partial charge on any atom is -0.481 e. The van der Waals surface area contributed by atoms with Gasteiger partial charge in [0.05, 0.1) is 5.92 Å². The van der Waals surface area contributed by atoms with Crippen molar-refractivity contribution in [2.24, 2.45) is 5.92 Å². The summed E-state index contributed by atoms with van der Waals surface area (Å²) in [5.41, 5.74) is -1.60. The van der Waals surface area contributed by atoms with Gasteiger partial charge in [-0.05, 0) is 18.9 Å². The SMILES string of the molecule is CCCC(C(=O)O)C(O)(CC)c1ccccc1F. The molecule has 0 heterocycles. The number of hydrogen-bond acceptors (Lipinski definition) is 2. The Morgan fingerprint density at radius 3 is 2.44 bits per heavy atom. The second-order valence-electron chi connectivity index (χ2n) is 4.44. The molecule has 1 aromatic carbocycles. The molecule has 0 fully saturated rings. The molecule has 18 heavy (non-hydrogen) atoms. The van der Waals surface area contributed by atoms with E-state index in [-0.39, 0.29) is 12.0 Å². The van der Waals surface area contributed by atoms with Gasteiger partial charge in [-0.25, -0.2) is 4.39 Å². The number of hydrogen-bond donors (Lipinski definition) is 2. The van der Waals surface area contributed by atoms with E-state index in [4.69, 9.17) is 0 Å². The molecule has 0 amide bonds. The highest BCUT2D eigenvalue weighted by atomic mass is 19.1. The predicted molar refractivity (Wildman–Crippen MR) is 66.6 cm³/mol. The first-order valence-corrected chi connectivity index (χ1v) is 6.17. The van der Waals surface area contributed by atoms with Crippen molar-refractivity contribution >= 4 is 5.97 Å². The normalized spacial score (nSPS) is 16.0. The van der Waals surface area contributed by atoms with Gasteiger partial charge in [-0.3, -0.25) is 4.79 Å². The van der Waals surface area contributed by atoms with Gasteiger partial charge in [-0.2, -0.15) is 0 Å². The Labute approximate surface area is 106 Å². The van der Waals surface area contributed by atoms with Crippen molar-refractivity contribution in [1.82, 2.24) is 0 Å². The number of aliphatic carboxylic acids is 1. The number of benzene rings is 1. The van der Waals surface area contributed by atoms with Crippen molar-refractivity contribution in [3.63, 3.8) is 0 Å². The summed E-state index contributed by atoms with van der Waals surface area (Å²) in [5, 5.41) is 19.9. The van der Waals surface area contributed by atoms with E-state index < -0.39 is 23.3 Å². The van der Waals surface area contributed by atoms with Crippen LogP contribution < -0.4 is 0 Å². The molecule has 0 aromatic heterocycles. The summed E-state index contributed by atoms with van der Waals surface area (Å²) in [7, 11) is 0. The van der Waals surface area contributed by atoms with E-state index in [0.717, 1.165) is 0 Å². The lowest BCUT2D eigenvalue weighted by atomic mass is 9.77. The Kier molecular flexibility index (Phi) is 4.84. The van der Waals surface area contributed by atoms with Crippen molar-refractivity contribution in [3.8, 4) is 0 Å². The first-order chi connectivity index (χ1) is 8.47. The van der Waals surface area contributed by atoms with Crippen molar-refractivity contribution in [2.45, 2.75) is 38.7 Å². The van der Waals surface area contributed by atoms with Gasteiger partial charge >= 0.3 is 5.97 Å². The number of carboxylic acids is 1. The maximum Gasteiger partial charge on any atom is 0.309 e. The smallest absolute Gasteiger partial charge is 0.309 e. The molecule has 0 aliphatic carbocycles. The van der Waals surface area contributed by atoms with Gasteiger partial charge in [0.1, 0.15) is 11.4 Å². The Balaban J connectivity index is 3.26. The number of carboxylic acid groups (broad SMARTS) is 1. The Morgan fingerprint density at radius 2 is 2.00 bits per heavy atom. The molecule has 0 spiro atoms. The third kappa shape index (κ3) is 2.70. The fraction of sp³-hybridized carbons (Fsp3) is 0.500. The van der Waals surface area contributed by atoms with E-state index in [2.05, 4.69) is 0 Å². The molecule has 2 atom stereocenters. The van der Waals surface area contributed by atoms with Crippen LogP contribution in [0.2, 0.25) is 0 Å². The number of halogens is 1. The number of carbonyl (C=O) groups is 1. The van der Waals surface area contributed by atoms with Gasteiger partial charge < -0.3 is 10.2 Å². The van der Waals surface area contributed by atoms with E-state index in [9.17, 15) is 19.4 Å². The van der Waals surface area contributed by atoms with Gasteiger partial charge in [-0.15, -0.1) is 0 Å². The molecule has 0 bridgehead atoms. The molecule has 2 N–H and O–H groups in total. The summed E-state index contributed by atoms with van der Waals surface area (Å²) in [4.78, 5) is 11.3. The molecule has 4 heteroatoms. The average Bonchev–Trinajstić information content (AvgIpc) is 2.35. The van der Waals surface area contributed by atoms with Crippen LogP contribution in [0.4, 0.5) is 4.39 Å². The van der Waals surface area contributed by atoms with Crippen molar-refractivity contribution < 1.29 is 19.4 Å². The number of rotatable bonds is 6. The quantitative estimate of drug-likeness (QED) is 0.820. The fourth-order valence-electron chi connectivity index (χ4n) is 2.29. The molecule has 1 rings (SSSR count). The summed E-state index contributed by atoms with van der Waals surface area (Å²) < 4.78 is 13.8. The lowest BCUT2D eigenvalue weighted by molar-refractivity contribution is -0.154. The second kappa shape index (κ2) is 5.96. The average molecular weight is 254 g/mol. The highest BCUT2D eigenvalue weighted by Gasteiger charge is 2.42. The molecule has 0 aliphatic heterocycles. The summed E-state index contributed by atoms with van der Waals surface area (Å²) in [6.45, 7) is 3.51. The molecule has 0 radical (unpaired) electrons. The molecule has 0 saturated carbocycles. The van der Waals surface area contributed by atoms with Crippen LogP contribution in [0.25, 0.3) is 0 Å². The molecule has 1 aromatic rings. The number of aliphatic hydroxyl groups is 1. The van der Waals surface area contributed by atoms with E-state index in [0.29, 0.717) is 12.8 Å². The van der Waals surface area contributed by atoms with Crippen LogP contribution in [0.5, 0.6) is 0 Å². The van der Waals surface area contributed by atoms with Gasteiger partial charge in [0, 0.05) is 5.56 Å². The molecular weight excluding hydrogens is 235 g/mol. The topological polar surface area (TPSA) is 57.5 Å². The molecule has 0 saturated heterocycles. The first-order valence-electron chi connectivity index (χ1n) is 6.17. The van der Waals surface area contributed by atoms with Crippen LogP contribution in [0.1, 0.15) is 38.7 Å². The third-order valence-electron chi connectivity index (χ3n) is 3.33. The van der Waals surface area contributed by atoms with Crippen molar-refractivity contribution in [1.29, 1.82) is 0 Å². The zero-order valence-electron chi connectivity index (χ0n) is 10.7. The van der Waals surface area contributed by atoms with E-state index >= 15 is 0 Å². The highest BCUT2D eigenvalue weighted by Crippen LogP contribution is 2.37. The summed E-state index contributed by atoms with van der Waals surface area (Å²) in [6, 6.07) is 5.81. The van der Waals surface area contributed by atoms with Crippen LogP contribution >= 0.6 is 0 Å². The molecule has 100 valence electrons. The minimum absolute atomic E-state index is 0.0633.